The van der Waals surface area contributed by atoms with Gasteiger partial charge in [0.1, 0.15) is 24.6 Å². The van der Waals surface area contributed by atoms with Gasteiger partial charge < -0.3 is 15.2 Å². The van der Waals surface area contributed by atoms with Gasteiger partial charge in [0.2, 0.25) is 0 Å². The third-order valence-corrected chi connectivity index (χ3v) is 5.69. The summed E-state index contributed by atoms with van der Waals surface area (Å²) in [4.78, 5) is 45.9. The number of carbonyl (C=O) groups is 3. The number of halogens is 2. The van der Waals surface area contributed by atoms with E-state index in [0.29, 0.717) is 21.8 Å². The van der Waals surface area contributed by atoms with Gasteiger partial charge in [0.25, 0.3) is 11.6 Å². The highest BCUT2D eigenvalue weighted by Gasteiger charge is 2.34. The van der Waals surface area contributed by atoms with Crippen LogP contribution in [0.3, 0.4) is 0 Å². The Labute approximate surface area is 202 Å². The lowest BCUT2D eigenvalue weighted by molar-refractivity contribution is -0.384. The monoisotopic (exact) mass is 649 g/mol. The SMILES string of the molecule is O=C(O)CN1C(=O)N/C(=C/c2cc(I)c(OCc3cccc([N+](=O)[O-])c3)c(I)c2)C1=O. The molecule has 1 heterocycles. The molecular formula is C19H13I2N3O7. The van der Waals surface area contributed by atoms with Gasteiger partial charge in [-0.1, -0.05) is 12.1 Å². The van der Waals surface area contributed by atoms with Gasteiger partial charge in [-0.05, 0) is 74.5 Å². The van der Waals surface area contributed by atoms with Crippen molar-refractivity contribution in [1.82, 2.24) is 10.2 Å². The van der Waals surface area contributed by atoms with Gasteiger partial charge in [-0.2, -0.15) is 0 Å². The summed E-state index contributed by atoms with van der Waals surface area (Å²) < 4.78 is 7.29. The zero-order valence-electron chi connectivity index (χ0n) is 15.5. The minimum absolute atomic E-state index is 0.0207. The molecule has 12 heteroatoms. The first-order valence-corrected chi connectivity index (χ1v) is 10.7. The minimum Gasteiger partial charge on any atom is -0.487 e. The molecule has 1 aliphatic rings. The van der Waals surface area contributed by atoms with Gasteiger partial charge >= 0.3 is 12.0 Å². The number of imide groups is 1. The molecule has 1 saturated heterocycles. The summed E-state index contributed by atoms with van der Waals surface area (Å²) in [6, 6.07) is 8.83. The lowest BCUT2D eigenvalue weighted by Gasteiger charge is -2.12. The van der Waals surface area contributed by atoms with Crippen molar-refractivity contribution < 1.29 is 29.2 Å². The number of carboxylic acids is 1. The molecule has 2 aromatic carbocycles. The van der Waals surface area contributed by atoms with Crippen molar-refractivity contribution in [2.45, 2.75) is 6.61 Å². The molecule has 0 aromatic heterocycles. The van der Waals surface area contributed by atoms with Gasteiger partial charge in [0, 0.05) is 12.1 Å². The van der Waals surface area contributed by atoms with E-state index in [4.69, 9.17) is 9.84 Å². The number of nitro benzene ring substituents is 1. The van der Waals surface area contributed by atoms with Gasteiger partial charge in [0.05, 0.1) is 12.1 Å². The average molecular weight is 649 g/mol. The standard InChI is InChI=1S/C19H13I2N3O7/c20-13-5-11(7-15-18(27)23(8-16(25)26)19(28)22-15)6-14(21)17(13)31-9-10-2-1-3-12(4-10)24(29)30/h1-7H,8-9H2,(H,22,28)(H,25,26)/b15-7+. The molecule has 0 unspecified atom stereocenters. The molecule has 2 aromatic rings. The topological polar surface area (TPSA) is 139 Å². The summed E-state index contributed by atoms with van der Waals surface area (Å²) in [5.41, 5.74) is 1.21. The largest absolute Gasteiger partial charge is 0.487 e. The van der Waals surface area contributed by atoms with Crippen molar-refractivity contribution in [3.63, 3.8) is 0 Å². The van der Waals surface area contributed by atoms with Crippen LogP contribution in [0.4, 0.5) is 10.5 Å². The Morgan fingerprint density at radius 2 is 1.90 bits per heavy atom. The maximum absolute atomic E-state index is 12.3. The van der Waals surface area contributed by atoms with Gasteiger partial charge in [0.15, 0.2) is 0 Å². The van der Waals surface area contributed by atoms with Crippen LogP contribution in [0.25, 0.3) is 6.08 Å². The first kappa shape index (κ1) is 22.9. The Balaban J connectivity index is 1.78. The number of carbonyl (C=O) groups excluding carboxylic acids is 2. The van der Waals surface area contributed by atoms with Crippen molar-refractivity contribution in [1.29, 1.82) is 0 Å². The van der Waals surface area contributed by atoms with Crippen molar-refractivity contribution in [3.8, 4) is 5.75 Å². The molecule has 31 heavy (non-hydrogen) atoms. The molecule has 0 bridgehead atoms. The number of nitro groups is 1. The van der Waals surface area contributed by atoms with Crippen LogP contribution in [0.1, 0.15) is 11.1 Å². The second-order valence-corrected chi connectivity index (χ2v) is 8.63. The normalized spacial score (nSPS) is 14.6. The van der Waals surface area contributed by atoms with Gasteiger partial charge in [-0.3, -0.25) is 19.7 Å². The number of nitrogens with one attached hydrogen (secondary N) is 1. The summed E-state index contributed by atoms with van der Waals surface area (Å²) in [5, 5.41) is 22.1. The molecule has 3 rings (SSSR count). The number of hydrogen-bond acceptors (Lipinski definition) is 6. The molecular weight excluding hydrogens is 636 g/mol. The average Bonchev–Trinajstić information content (AvgIpc) is 2.94. The Hall–Kier alpha value is -2.75. The summed E-state index contributed by atoms with van der Waals surface area (Å²) >= 11 is 4.12. The maximum Gasteiger partial charge on any atom is 0.329 e. The number of urea groups is 1. The predicted octanol–water partition coefficient (Wildman–Crippen LogP) is 3.36. The first-order valence-electron chi connectivity index (χ1n) is 8.57. The Morgan fingerprint density at radius 1 is 1.23 bits per heavy atom. The lowest BCUT2D eigenvalue weighted by atomic mass is 10.2. The number of carboxylic acid groups (broad SMARTS) is 1. The van der Waals surface area contributed by atoms with E-state index < -0.39 is 29.4 Å². The third-order valence-electron chi connectivity index (χ3n) is 4.09. The molecule has 0 atom stereocenters. The van der Waals surface area contributed by atoms with Crippen LogP contribution in [0, 0.1) is 17.3 Å². The highest BCUT2D eigenvalue weighted by molar-refractivity contribution is 14.1. The molecule has 10 nitrogen and oxygen atoms in total. The van der Waals surface area contributed by atoms with Crippen LogP contribution in [-0.4, -0.2) is 39.4 Å². The second-order valence-electron chi connectivity index (χ2n) is 6.30. The Morgan fingerprint density at radius 3 is 2.52 bits per heavy atom. The van der Waals surface area contributed by atoms with Crippen molar-refractivity contribution >= 4 is 74.9 Å². The molecule has 0 radical (unpaired) electrons. The zero-order chi connectivity index (χ0) is 22.7. The van der Waals surface area contributed by atoms with Crippen LogP contribution in [0.5, 0.6) is 5.75 Å². The minimum atomic E-state index is -1.29. The highest BCUT2D eigenvalue weighted by Crippen LogP contribution is 2.31. The molecule has 0 saturated carbocycles. The van der Waals surface area contributed by atoms with E-state index >= 15 is 0 Å². The smallest absolute Gasteiger partial charge is 0.329 e. The van der Waals surface area contributed by atoms with Crippen molar-refractivity contribution in [2.24, 2.45) is 0 Å². The number of ether oxygens (including phenoxy) is 1. The second kappa shape index (κ2) is 9.59. The van der Waals surface area contributed by atoms with Crippen LogP contribution >= 0.6 is 45.2 Å². The fourth-order valence-corrected chi connectivity index (χ4v) is 4.86. The number of rotatable bonds is 7. The number of hydrogen-bond donors (Lipinski definition) is 2. The molecule has 0 spiro atoms. The summed E-state index contributed by atoms with van der Waals surface area (Å²) in [5.74, 6) is -1.44. The van der Waals surface area contributed by atoms with Crippen LogP contribution in [0.15, 0.2) is 42.1 Å². The van der Waals surface area contributed by atoms with E-state index in [9.17, 15) is 24.5 Å². The van der Waals surface area contributed by atoms with Crippen LogP contribution < -0.4 is 10.1 Å². The third kappa shape index (κ3) is 5.49. The fraction of sp³-hybridized carbons (Fsp3) is 0.105. The molecule has 3 amide bonds. The van der Waals surface area contributed by atoms with Crippen LogP contribution in [-0.2, 0) is 16.2 Å². The number of benzene rings is 2. The maximum atomic E-state index is 12.3. The fourth-order valence-electron chi connectivity index (χ4n) is 2.73. The highest BCUT2D eigenvalue weighted by atomic mass is 127. The predicted molar refractivity (Wildman–Crippen MR) is 125 cm³/mol. The van der Waals surface area contributed by atoms with Gasteiger partial charge in [-0.15, -0.1) is 0 Å². The molecule has 2 N–H and O–H groups in total. The molecule has 160 valence electrons. The number of aliphatic carboxylic acids is 1. The van der Waals surface area contributed by atoms with E-state index in [1.807, 2.05) is 0 Å². The summed E-state index contributed by atoms with van der Waals surface area (Å²) in [7, 11) is 0. The van der Waals surface area contributed by atoms with Crippen LogP contribution in [0.2, 0.25) is 0 Å². The first-order chi connectivity index (χ1) is 14.7. The van der Waals surface area contributed by atoms with E-state index in [2.05, 4.69) is 50.5 Å². The number of nitrogens with zero attached hydrogens (tertiary/aromatic N) is 2. The van der Waals surface area contributed by atoms with Crippen molar-refractivity contribution in [2.75, 3.05) is 6.54 Å². The van der Waals surface area contributed by atoms with Crippen molar-refractivity contribution in [3.05, 3.63) is 70.5 Å². The Kier molecular flexibility index (Phi) is 7.09. The summed E-state index contributed by atoms with van der Waals surface area (Å²) in [6.07, 6.45) is 1.46. The summed E-state index contributed by atoms with van der Waals surface area (Å²) in [6.45, 7) is -0.589. The zero-order valence-corrected chi connectivity index (χ0v) is 19.8. The Bertz CT molecular complexity index is 1110. The van der Waals surface area contributed by atoms with E-state index in [1.54, 1.807) is 24.3 Å². The number of amides is 3. The van der Waals surface area contributed by atoms with E-state index in [0.717, 1.165) is 7.14 Å². The van der Waals surface area contributed by atoms with E-state index in [-0.39, 0.29) is 18.0 Å². The van der Waals surface area contributed by atoms with E-state index in [1.165, 1.54) is 18.2 Å². The molecule has 1 aliphatic heterocycles. The lowest BCUT2D eigenvalue weighted by Crippen LogP contribution is -2.35. The molecule has 0 aliphatic carbocycles. The number of non-ortho nitro benzene ring substituents is 1. The van der Waals surface area contributed by atoms with Gasteiger partial charge in [-0.25, -0.2) is 9.69 Å². The molecule has 1 fully saturated rings. The quantitative estimate of drug-likeness (QED) is 0.154.